The van der Waals surface area contributed by atoms with E-state index in [-0.39, 0.29) is 23.8 Å². The van der Waals surface area contributed by atoms with E-state index in [1.165, 1.54) is 0 Å². The van der Waals surface area contributed by atoms with Crippen molar-refractivity contribution in [2.75, 3.05) is 52.4 Å². The second kappa shape index (κ2) is 10.1. The molecule has 5 rings (SSSR count). The number of carbonyl (C=O) groups is 4. The summed E-state index contributed by atoms with van der Waals surface area (Å²) in [7, 11) is 0. The minimum Gasteiger partial charge on any atom is -0.356 e. The summed E-state index contributed by atoms with van der Waals surface area (Å²) in [6, 6.07) is 0.422. The van der Waals surface area contributed by atoms with Gasteiger partial charge in [-0.15, -0.1) is 0 Å². The monoisotopic (exact) mass is 473 g/mol. The van der Waals surface area contributed by atoms with Crippen LogP contribution in [0.25, 0.3) is 0 Å². The Kier molecular flexibility index (Phi) is 6.97. The number of hydrogen-bond donors (Lipinski definition) is 1. The van der Waals surface area contributed by atoms with Crippen LogP contribution in [0, 0.1) is 17.8 Å². The fourth-order valence-electron chi connectivity index (χ4n) is 6.87. The van der Waals surface area contributed by atoms with Gasteiger partial charge in [-0.3, -0.25) is 14.4 Å². The molecule has 0 spiro atoms. The molecule has 0 aromatic heterocycles. The first-order chi connectivity index (χ1) is 16.5. The molecule has 5 aliphatic rings. The molecule has 0 aromatic rings. The average molecular weight is 474 g/mol. The van der Waals surface area contributed by atoms with Gasteiger partial charge in [-0.05, 0) is 56.8 Å². The van der Waals surface area contributed by atoms with Gasteiger partial charge in [0.2, 0.25) is 17.7 Å². The number of likely N-dealkylation sites (tertiary alicyclic amines) is 3. The number of fused-ring (bicyclic) bond motifs is 4. The Labute approximate surface area is 202 Å². The van der Waals surface area contributed by atoms with Crippen molar-refractivity contribution < 1.29 is 19.2 Å². The van der Waals surface area contributed by atoms with Crippen molar-refractivity contribution in [2.45, 2.75) is 63.8 Å². The number of urea groups is 1. The van der Waals surface area contributed by atoms with Crippen molar-refractivity contribution in [3.63, 3.8) is 0 Å². The highest BCUT2D eigenvalue weighted by molar-refractivity contribution is 5.80. The smallest absolute Gasteiger partial charge is 0.320 e. The zero-order valence-corrected chi connectivity index (χ0v) is 20.3. The van der Waals surface area contributed by atoms with Crippen LogP contribution < -0.4 is 5.32 Å². The molecular weight excluding hydrogens is 434 g/mol. The highest BCUT2D eigenvalue weighted by Gasteiger charge is 2.45. The van der Waals surface area contributed by atoms with E-state index < -0.39 is 0 Å². The SMILES string of the molecule is O=C(NCCCN1CCCC1=O)C1CCN(C(=O)N2CC3CC(C2)[C@H]2CCCC(=O)N2C3)CC1. The topological polar surface area (TPSA) is 93.3 Å². The molecule has 5 amide bonds. The molecule has 2 bridgehead atoms. The lowest BCUT2D eigenvalue weighted by atomic mass is 9.76. The molecule has 5 heterocycles. The Morgan fingerprint density at radius 1 is 0.882 bits per heavy atom. The highest BCUT2D eigenvalue weighted by atomic mass is 16.2. The number of piperidine rings is 4. The molecule has 5 aliphatic heterocycles. The summed E-state index contributed by atoms with van der Waals surface area (Å²) in [5.41, 5.74) is 0. The number of amides is 5. The molecule has 0 radical (unpaired) electrons. The standard InChI is InChI=1S/C25H39N5O4/c31-22-6-2-10-27(22)11-3-9-26-24(33)19-7-12-28(13-8-19)25(34)29-15-18-14-20(17-29)21-4-1-5-23(32)30(21)16-18/h18-21H,1-17H2,(H,26,33)/t18?,20?,21-/m1/s1. The highest BCUT2D eigenvalue weighted by Crippen LogP contribution is 2.38. The second-order valence-corrected chi connectivity index (χ2v) is 10.9. The third-order valence-corrected chi connectivity index (χ3v) is 8.66. The molecule has 0 aliphatic carbocycles. The second-order valence-electron chi connectivity index (χ2n) is 10.9. The molecule has 34 heavy (non-hydrogen) atoms. The van der Waals surface area contributed by atoms with E-state index in [1.54, 1.807) is 0 Å². The minimum absolute atomic E-state index is 0.0417. The summed E-state index contributed by atoms with van der Waals surface area (Å²) in [6.07, 6.45) is 7.64. The Bertz CT molecular complexity index is 811. The van der Waals surface area contributed by atoms with Gasteiger partial charge < -0.3 is 24.9 Å². The van der Waals surface area contributed by atoms with Gasteiger partial charge in [0.15, 0.2) is 0 Å². The van der Waals surface area contributed by atoms with Crippen LogP contribution >= 0.6 is 0 Å². The Morgan fingerprint density at radius 2 is 1.68 bits per heavy atom. The van der Waals surface area contributed by atoms with Crippen LogP contribution in [0.5, 0.6) is 0 Å². The minimum atomic E-state index is -0.0417. The van der Waals surface area contributed by atoms with Crippen LogP contribution in [0.1, 0.15) is 57.8 Å². The third kappa shape index (κ3) is 4.89. The van der Waals surface area contributed by atoms with Gasteiger partial charge >= 0.3 is 6.03 Å². The Balaban J connectivity index is 1.05. The van der Waals surface area contributed by atoms with E-state index in [0.717, 1.165) is 64.8 Å². The Morgan fingerprint density at radius 3 is 2.44 bits per heavy atom. The summed E-state index contributed by atoms with van der Waals surface area (Å²) in [6.45, 7) is 5.70. The zero-order chi connectivity index (χ0) is 23.7. The molecule has 5 saturated heterocycles. The maximum absolute atomic E-state index is 13.3. The van der Waals surface area contributed by atoms with Crippen molar-refractivity contribution in [3.8, 4) is 0 Å². The lowest BCUT2D eigenvalue weighted by molar-refractivity contribution is -0.144. The number of nitrogens with zero attached hydrogens (tertiary/aromatic N) is 4. The van der Waals surface area contributed by atoms with Crippen LogP contribution in [0.3, 0.4) is 0 Å². The Hall–Kier alpha value is -2.32. The normalized spacial score (nSPS) is 29.9. The molecule has 0 saturated carbocycles. The quantitative estimate of drug-likeness (QED) is 0.609. The first-order valence-corrected chi connectivity index (χ1v) is 13.4. The van der Waals surface area contributed by atoms with Crippen LogP contribution in [-0.2, 0) is 14.4 Å². The molecule has 3 atom stereocenters. The predicted molar refractivity (Wildman–Crippen MR) is 126 cm³/mol. The van der Waals surface area contributed by atoms with Gasteiger partial charge in [-0.1, -0.05) is 0 Å². The zero-order valence-electron chi connectivity index (χ0n) is 20.3. The van der Waals surface area contributed by atoms with E-state index in [0.29, 0.717) is 69.1 Å². The summed E-state index contributed by atoms with van der Waals surface area (Å²) in [5.74, 6) is 1.36. The fraction of sp³-hybridized carbons (Fsp3) is 0.840. The molecular formula is C25H39N5O4. The van der Waals surface area contributed by atoms with Crippen molar-refractivity contribution in [3.05, 3.63) is 0 Å². The summed E-state index contributed by atoms with van der Waals surface area (Å²) >= 11 is 0. The lowest BCUT2D eigenvalue weighted by Gasteiger charge is -2.53. The number of nitrogens with one attached hydrogen (secondary N) is 1. The summed E-state index contributed by atoms with van der Waals surface area (Å²) in [4.78, 5) is 57.8. The molecule has 0 aromatic carbocycles. The molecule has 9 heteroatoms. The van der Waals surface area contributed by atoms with Crippen molar-refractivity contribution in [1.82, 2.24) is 24.9 Å². The van der Waals surface area contributed by atoms with Crippen LogP contribution in [0.15, 0.2) is 0 Å². The first kappa shape index (κ1) is 23.4. The maximum atomic E-state index is 13.3. The van der Waals surface area contributed by atoms with Crippen molar-refractivity contribution in [1.29, 1.82) is 0 Å². The van der Waals surface area contributed by atoms with Gasteiger partial charge in [-0.25, -0.2) is 4.79 Å². The van der Waals surface area contributed by atoms with Gasteiger partial charge in [-0.2, -0.15) is 0 Å². The number of carbonyl (C=O) groups excluding carboxylic acids is 4. The van der Waals surface area contributed by atoms with Gasteiger partial charge in [0.25, 0.3) is 0 Å². The lowest BCUT2D eigenvalue weighted by Crippen LogP contribution is -2.62. The van der Waals surface area contributed by atoms with Crippen LogP contribution in [0.2, 0.25) is 0 Å². The largest absolute Gasteiger partial charge is 0.356 e. The van der Waals surface area contributed by atoms with Gasteiger partial charge in [0.05, 0.1) is 0 Å². The number of rotatable bonds is 5. The summed E-state index contributed by atoms with van der Waals surface area (Å²) < 4.78 is 0. The molecule has 188 valence electrons. The summed E-state index contributed by atoms with van der Waals surface area (Å²) in [5, 5.41) is 3.03. The fourth-order valence-corrected chi connectivity index (χ4v) is 6.87. The molecule has 2 unspecified atom stereocenters. The molecule has 1 N–H and O–H groups in total. The number of hydrogen-bond acceptors (Lipinski definition) is 4. The predicted octanol–water partition coefficient (Wildman–Crippen LogP) is 1.28. The van der Waals surface area contributed by atoms with Crippen LogP contribution in [-0.4, -0.2) is 102 Å². The van der Waals surface area contributed by atoms with E-state index >= 15 is 0 Å². The van der Waals surface area contributed by atoms with E-state index in [2.05, 4.69) is 10.2 Å². The van der Waals surface area contributed by atoms with Gasteiger partial charge in [0.1, 0.15) is 0 Å². The van der Waals surface area contributed by atoms with Crippen molar-refractivity contribution in [2.24, 2.45) is 17.8 Å². The van der Waals surface area contributed by atoms with Crippen molar-refractivity contribution >= 4 is 23.8 Å². The third-order valence-electron chi connectivity index (χ3n) is 8.66. The van der Waals surface area contributed by atoms with E-state index in [1.807, 2.05) is 14.7 Å². The van der Waals surface area contributed by atoms with Crippen LogP contribution in [0.4, 0.5) is 4.79 Å². The van der Waals surface area contributed by atoms with Gasteiger partial charge in [0, 0.05) is 77.2 Å². The maximum Gasteiger partial charge on any atom is 0.320 e. The first-order valence-electron chi connectivity index (χ1n) is 13.4. The average Bonchev–Trinajstić information content (AvgIpc) is 3.26. The molecule has 5 fully saturated rings. The van der Waals surface area contributed by atoms with E-state index in [9.17, 15) is 19.2 Å². The molecule has 9 nitrogen and oxygen atoms in total. The van der Waals surface area contributed by atoms with E-state index in [4.69, 9.17) is 0 Å².